The van der Waals surface area contributed by atoms with E-state index < -0.39 is 0 Å². The molecule has 0 amide bonds. The summed E-state index contributed by atoms with van der Waals surface area (Å²) in [7, 11) is 0. The van der Waals surface area contributed by atoms with Crippen molar-refractivity contribution in [3.8, 4) is 0 Å². The molecule has 2 aliphatic carbocycles. The van der Waals surface area contributed by atoms with Crippen molar-refractivity contribution in [3.63, 3.8) is 0 Å². The summed E-state index contributed by atoms with van der Waals surface area (Å²) in [5, 5.41) is 9.81. The fourth-order valence-electron chi connectivity index (χ4n) is 5.26. The predicted octanol–water partition coefficient (Wildman–Crippen LogP) is 5.11. The Morgan fingerprint density at radius 2 is 2.05 bits per heavy atom. The molecule has 0 aromatic carbocycles. The molecule has 0 aliphatic heterocycles. The molecule has 0 unspecified atom stereocenters. The molecule has 0 aromatic rings. The number of rotatable bonds is 4. The average molecular weight is 276 g/mol. The summed E-state index contributed by atoms with van der Waals surface area (Å²) in [6.07, 6.45) is 9.72. The lowest BCUT2D eigenvalue weighted by Crippen LogP contribution is -2.49. The van der Waals surface area contributed by atoms with Crippen LogP contribution in [0.5, 0.6) is 0 Å². The molecule has 1 N–H and O–H groups in total. The van der Waals surface area contributed by atoms with Gasteiger partial charge in [0.1, 0.15) is 0 Å². The van der Waals surface area contributed by atoms with Gasteiger partial charge in [0, 0.05) is 0 Å². The van der Waals surface area contributed by atoms with E-state index in [4.69, 9.17) is 0 Å². The zero-order valence-electron chi connectivity index (χ0n) is 13.6. The third kappa shape index (κ3) is 2.74. The second kappa shape index (κ2) is 5.67. The van der Waals surface area contributed by atoms with Gasteiger partial charge in [-0.3, -0.25) is 0 Å². The first-order valence-electron chi connectivity index (χ1n) is 8.29. The standard InChI is InChI=1S/C19H32O/c1-6-15(20)9-10-16-14(2)8-11-17-18(3,4)12-7-13-19(16,17)5/h6,15-17,20H,1-2,7-13H2,3-5H3/t15-,16-,17+,19+/m0/s1. The molecule has 0 bridgehead atoms. The number of hydrogen-bond acceptors (Lipinski definition) is 1. The van der Waals surface area contributed by atoms with Crippen LogP contribution in [0.3, 0.4) is 0 Å². The van der Waals surface area contributed by atoms with Crippen molar-refractivity contribution in [2.24, 2.45) is 22.7 Å². The van der Waals surface area contributed by atoms with Crippen LogP contribution in [0, 0.1) is 22.7 Å². The van der Waals surface area contributed by atoms with E-state index in [1.165, 1.54) is 37.7 Å². The minimum atomic E-state index is -0.358. The van der Waals surface area contributed by atoms with E-state index in [9.17, 15) is 5.11 Å². The minimum Gasteiger partial charge on any atom is -0.389 e. The fraction of sp³-hybridized carbons (Fsp3) is 0.789. The second-order valence-corrected chi connectivity index (χ2v) is 8.03. The number of aliphatic hydroxyl groups excluding tert-OH is 1. The van der Waals surface area contributed by atoms with Crippen LogP contribution in [0.15, 0.2) is 24.8 Å². The van der Waals surface area contributed by atoms with Gasteiger partial charge in [-0.2, -0.15) is 0 Å². The molecule has 114 valence electrons. The number of fused-ring (bicyclic) bond motifs is 1. The Morgan fingerprint density at radius 3 is 2.70 bits per heavy atom. The van der Waals surface area contributed by atoms with Crippen LogP contribution in [0.2, 0.25) is 0 Å². The SMILES string of the molecule is C=C[C@H](O)CC[C@H]1C(=C)CC[C@@H]2C(C)(C)CCC[C@@]21C. The van der Waals surface area contributed by atoms with E-state index in [1.807, 2.05) is 0 Å². The van der Waals surface area contributed by atoms with Crippen molar-refractivity contribution in [1.82, 2.24) is 0 Å². The molecule has 20 heavy (non-hydrogen) atoms. The Hall–Kier alpha value is -0.560. The molecular formula is C19H32O. The highest BCUT2D eigenvalue weighted by atomic mass is 16.3. The molecule has 0 heterocycles. The highest BCUT2D eigenvalue weighted by Crippen LogP contribution is 2.61. The number of allylic oxidation sites excluding steroid dienone is 1. The van der Waals surface area contributed by atoms with Crippen molar-refractivity contribution in [1.29, 1.82) is 0 Å². The van der Waals surface area contributed by atoms with E-state index in [-0.39, 0.29) is 6.10 Å². The fourth-order valence-corrected chi connectivity index (χ4v) is 5.26. The van der Waals surface area contributed by atoms with Gasteiger partial charge < -0.3 is 5.11 Å². The molecule has 4 atom stereocenters. The van der Waals surface area contributed by atoms with Crippen LogP contribution < -0.4 is 0 Å². The highest BCUT2D eigenvalue weighted by Gasteiger charge is 2.52. The monoisotopic (exact) mass is 276 g/mol. The molecular weight excluding hydrogens is 244 g/mol. The molecule has 0 aromatic heterocycles. The third-order valence-corrected chi connectivity index (χ3v) is 6.34. The van der Waals surface area contributed by atoms with Gasteiger partial charge in [0.05, 0.1) is 6.10 Å². The van der Waals surface area contributed by atoms with E-state index in [2.05, 4.69) is 33.9 Å². The van der Waals surface area contributed by atoms with Crippen molar-refractivity contribution in [2.45, 2.75) is 71.8 Å². The van der Waals surface area contributed by atoms with Crippen molar-refractivity contribution in [2.75, 3.05) is 0 Å². The van der Waals surface area contributed by atoms with E-state index in [0.29, 0.717) is 16.7 Å². The first kappa shape index (κ1) is 15.8. The highest BCUT2D eigenvalue weighted by molar-refractivity contribution is 5.15. The maximum Gasteiger partial charge on any atom is 0.0718 e. The Morgan fingerprint density at radius 1 is 1.35 bits per heavy atom. The lowest BCUT2D eigenvalue weighted by Gasteiger charge is -2.58. The Labute approximate surface area is 125 Å². The summed E-state index contributed by atoms with van der Waals surface area (Å²) in [6, 6.07) is 0. The summed E-state index contributed by atoms with van der Waals surface area (Å²) in [5.41, 5.74) is 2.28. The summed E-state index contributed by atoms with van der Waals surface area (Å²) in [4.78, 5) is 0. The molecule has 0 spiro atoms. The van der Waals surface area contributed by atoms with Crippen LogP contribution in [0.4, 0.5) is 0 Å². The molecule has 1 heteroatoms. The summed E-state index contributed by atoms with van der Waals surface area (Å²) < 4.78 is 0. The summed E-state index contributed by atoms with van der Waals surface area (Å²) in [5.74, 6) is 1.38. The summed E-state index contributed by atoms with van der Waals surface area (Å²) in [6.45, 7) is 15.5. The largest absolute Gasteiger partial charge is 0.389 e. The zero-order valence-corrected chi connectivity index (χ0v) is 13.6. The van der Waals surface area contributed by atoms with Crippen LogP contribution in [0.25, 0.3) is 0 Å². The molecule has 2 saturated carbocycles. The van der Waals surface area contributed by atoms with Crippen LogP contribution in [0.1, 0.15) is 65.7 Å². The Balaban J connectivity index is 2.19. The van der Waals surface area contributed by atoms with Gasteiger partial charge in [-0.1, -0.05) is 45.4 Å². The second-order valence-electron chi connectivity index (χ2n) is 8.03. The molecule has 0 radical (unpaired) electrons. The minimum absolute atomic E-state index is 0.358. The number of aliphatic hydroxyl groups is 1. The van der Waals surface area contributed by atoms with Crippen molar-refractivity contribution in [3.05, 3.63) is 24.8 Å². The van der Waals surface area contributed by atoms with E-state index in [1.54, 1.807) is 6.08 Å². The van der Waals surface area contributed by atoms with Gasteiger partial charge in [0.25, 0.3) is 0 Å². The van der Waals surface area contributed by atoms with Crippen LogP contribution in [-0.2, 0) is 0 Å². The molecule has 2 aliphatic rings. The van der Waals surface area contributed by atoms with Gasteiger partial charge in [-0.15, -0.1) is 6.58 Å². The van der Waals surface area contributed by atoms with Gasteiger partial charge >= 0.3 is 0 Å². The third-order valence-electron chi connectivity index (χ3n) is 6.34. The zero-order chi connectivity index (χ0) is 15.0. The Bertz CT molecular complexity index is 381. The van der Waals surface area contributed by atoms with E-state index in [0.717, 1.165) is 18.8 Å². The lowest BCUT2D eigenvalue weighted by atomic mass is 9.47. The molecule has 2 rings (SSSR count). The maximum atomic E-state index is 9.81. The topological polar surface area (TPSA) is 20.2 Å². The van der Waals surface area contributed by atoms with Gasteiger partial charge in [-0.05, 0) is 61.2 Å². The first-order chi connectivity index (χ1) is 9.31. The molecule has 2 fully saturated rings. The van der Waals surface area contributed by atoms with Crippen molar-refractivity contribution < 1.29 is 5.11 Å². The Kier molecular flexibility index (Phi) is 4.49. The lowest BCUT2D eigenvalue weighted by molar-refractivity contribution is -0.0559. The van der Waals surface area contributed by atoms with E-state index >= 15 is 0 Å². The summed E-state index contributed by atoms with van der Waals surface area (Å²) >= 11 is 0. The van der Waals surface area contributed by atoms with Gasteiger partial charge in [0.2, 0.25) is 0 Å². The first-order valence-corrected chi connectivity index (χ1v) is 8.29. The van der Waals surface area contributed by atoms with Crippen LogP contribution >= 0.6 is 0 Å². The normalized spacial score (nSPS) is 38.1. The number of hydrogen-bond donors (Lipinski definition) is 1. The molecule has 1 nitrogen and oxygen atoms in total. The quantitative estimate of drug-likeness (QED) is 0.707. The molecule has 0 saturated heterocycles. The van der Waals surface area contributed by atoms with Crippen molar-refractivity contribution >= 4 is 0 Å². The van der Waals surface area contributed by atoms with Gasteiger partial charge in [0.15, 0.2) is 0 Å². The smallest absolute Gasteiger partial charge is 0.0718 e. The van der Waals surface area contributed by atoms with Gasteiger partial charge in [-0.25, -0.2) is 0 Å². The average Bonchev–Trinajstić information content (AvgIpc) is 2.36. The predicted molar refractivity (Wildman–Crippen MR) is 86.5 cm³/mol. The van der Waals surface area contributed by atoms with Crippen LogP contribution in [-0.4, -0.2) is 11.2 Å². The maximum absolute atomic E-state index is 9.81.